The summed E-state index contributed by atoms with van der Waals surface area (Å²) in [5.74, 6) is 0.673. The van der Waals surface area contributed by atoms with Crippen LogP contribution < -0.4 is 15.5 Å². The monoisotopic (exact) mass is 420 g/mol. The third-order valence-electron chi connectivity index (χ3n) is 3.69. The van der Waals surface area contributed by atoms with Gasteiger partial charge in [-0.15, -0.1) is 0 Å². The lowest BCUT2D eigenvalue weighted by molar-refractivity contribution is -0.384. The molecule has 0 spiro atoms. The van der Waals surface area contributed by atoms with Crippen molar-refractivity contribution in [2.75, 3.05) is 6.61 Å². The SMILES string of the molecule is CCCCOc1ccc(CNC(=S)NN=Cc2ccc([N+](=O)[O-])cc2)cc1Cl. The minimum atomic E-state index is -0.450. The van der Waals surface area contributed by atoms with E-state index in [-0.39, 0.29) is 5.69 Å². The molecule has 28 heavy (non-hydrogen) atoms. The maximum absolute atomic E-state index is 10.6. The van der Waals surface area contributed by atoms with Crippen molar-refractivity contribution in [3.05, 3.63) is 68.7 Å². The van der Waals surface area contributed by atoms with Gasteiger partial charge in [-0.2, -0.15) is 5.10 Å². The van der Waals surface area contributed by atoms with E-state index in [0.717, 1.165) is 18.4 Å². The maximum atomic E-state index is 10.6. The van der Waals surface area contributed by atoms with Gasteiger partial charge in [-0.05, 0) is 54.0 Å². The molecule has 0 aromatic heterocycles. The summed E-state index contributed by atoms with van der Waals surface area (Å²) in [6.45, 7) is 3.23. The minimum absolute atomic E-state index is 0.0303. The number of ether oxygens (including phenoxy) is 1. The van der Waals surface area contributed by atoms with Gasteiger partial charge in [-0.1, -0.05) is 31.0 Å². The first-order valence-electron chi connectivity index (χ1n) is 8.72. The number of rotatable bonds is 9. The van der Waals surface area contributed by atoms with Crippen LogP contribution in [0.25, 0.3) is 0 Å². The van der Waals surface area contributed by atoms with E-state index in [2.05, 4.69) is 22.8 Å². The number of nitrogens with one attached hydrogen (secondary N) is 2. The molecule has 2 aromatic carbocycles. The summed E-state index contributed by atoms with van der Waals surface area (Å²) < 4.78 is 5.63. The lowest BCUT2D eigenvalue weighted by Gasteiger charge is -2.10. The van der Waals surface area contributed by atoms with Gasteiger partial charge in [-0.25, -0.2) is 0 Å². The fourth-order valence-electron chi connectivity index (χ4n) is 2.17. The third-order valence-corrected chi connectivity index (χ3v) is 4.22. The van der Waals surface area contributed by atoms with Crippen molar-refractivity contribution < 1.29 is 9.66 Å². The molecule has 0 aliphatic rings. The van der Waals surface area contributed by atoms with E-state index in [1.165, 1.54) is 18.3 Å². The minimum Gasteiger partial charge on any atom is -0.492 e. The van der Waals surface area contributed by atoms with Crippen molar-refractivity contribution in [2.45, 2.75) is 26.3 Å². The standard InChI is InChI=1S/C19H21ClN4O3S/c1-2-3-10-27-18-9-6-15(11-17(18)20)12-21-19(28)23-22-13-14-4-7-16(8-5-14)24(25)26/h4-9,11,13H,2-3,10,12H2,1H3,(H2,21,23,28). The molecule has 0 aliphatic heterocycles. The van der Waals surface area contributed by atoms with Crippen LogP contribution in [0.5, 0.6) is 5.75 Å². The van der Waals surface area contributed by atoms with E-state index < -0.39 is 4.92 Å². The van der Waals surface area contributed by atoms with Gasteiger partial charge >= 0.3 is 0 Å². The predicted octanol–water partition coefficient (Wildman–Crippen LogP) is 4.43. The molecule has 9 heteroatoms. The number of nitrogens with zero attached hydrogens (tertiary/aromatic N) is 2. The average Bonchev–Trinajstić information content (AvgIpc) is 2.68. The summed E-state index contributed by atoms with van der Waals surface area (Å²) in [4.78, 5) is 10.2. The molecule has 0 unspecified atom stereocenters. The van der Waals surface area contributed by atoms with Gasteiger partial charge in [0.15, 0.2) is 5.11 Å². The van der Waals surface area contributed by atoms with E-state index >= 15 is 0 Å². The smallest absolute Gasteiger partial charge is 0.269 e. The first-order valence-corrected chi connectivity index (χ1v) is 9.50. The second kappa shape index (κ2) is 11.2. The molecule has 0 saturated carbocycles. The highest BCUT2D eigenvalue weighted by Gasteiger charge is 2.04. The van der Waals surface area contributed by atoms with Gasteiger partial charge in [0, 0.05) is 18.7 Å². The van der Waals surface area contributed by atoms with Crippen molar-refractivity contribution in [3.8, 4) is 5.75 Å². The molecule has 0 saturated heterocycles. The van der Waals surface area contributed by atoms with Gasteiger partial charge in [-0.3, -0.25) is 15.5 Å². The Balaban J connectivity index is 1.78. The van der Waals surface area contributed by atoms with Gasteiger partial charge in [0.1, 0.15) is 5.75 Å². The predicted molar refractivity (Wildman–Crippen MR) is 115 cm³/mol. The second-order valence-electron chi connectivity index (χ2n) is 5.87. The number of benzene rings is 2. The van der Waals surface area contributed by atoms with Crippen molar-refractivity contribution in [2.24, 2.45) is 5.10 Å². The Morgan fingerprint density at radius 1 is 1.32 bits per heavy atom. The van der Waals surface area contributed by atoms with Crippen molar-refractivity contribution >= 4 is 40.8 Å². The van der Waals surface area contributed by atoms with Crippen LogP contribution >= 0.6 is 23.8 Å². The number of halogens is 1. The summed E-state index contributed by atoms with van der Waals surface area (Å²) in [7, 11) is 0. The molecular weight excluding hydrogens is 400 g/mol. The molecule has 0 bridgehead atoms. The molecule has 0 heterocycles. The molecule has 0 aliphatic carbocycles. The molecule has 2 aromatic rings. The lowest BCUT2D eigenvalue weighted by atomic mass is 10.2. The van der Waals surface area contributed by atoms with Crippen LogP contribution in [0.4, 0.5) is 5.69 Å². The number of thiocarbonyl (C=S) groups is 1. The van der Waals surface area contributed by atoms with Crippen molar-refractivity contribution in [3.63, 3.8) is 0 Å². The Kier molecular flexibility index (Phi) is 8.64. The highest BCUT2D eigenvalue weighted by molar-refractivity contribution is 7.80. The van der Waals surface area contributed by atoms with Crippen LogP contribution in [-0.4, -0.2) is 22.9 Å². The Labute approximate surface area is 173 Å². The van der Waals surface area contributed by atoms with E-state index in [4.69, 9.17) is 28.6 Å². The summed E-state index contributed by atoms with van der Waals surface area (Å²) in [6, 6.07) is 11.6. The van der Waals surface area contributed by atoms with E-state index in [0.29, 0.717) is 34.6 Å². The molecule has 0 atom stereocenters. The number of non-ortho nitro benzene ring substituents is 1. The topological polar surface area (TPSA) is 88.8 Å². The van der Waals surface area contributed by atoms with E-state index in [9.17, 15) is 10.1 Å². The Morgan fingerprint density at radius 2 is 2.07 bits per heavy atom. The molecule has 2 rings (SSSR count). The largest absolute Gasteiger partial charge is 0.492 e. The van der Waals surface area contributed by atoms with Crippen LogP contribution in [0.3, 0.4) is 0 Å². The summed E-state index contributed by atoms with van der Waals surface area (Å²) in [5.41, 5.74) is 4.40. The van der Waals surface area contributed by atoms with Gasteiger partial charge in [0.2, 0.25) is 0 Å². The van der Waals surface area contributed by atoms with E-state index in [1.54, 1.807) is 12.1 Å². The highest BCUT2D eigenvalue weighted by Crippen LogP contribution is 2.25. The normalized spacial score (nSPS) is 10.6. The van der Waals surface area contributed by atoms with Crippen LogP contribution in [-0.2, 0) is 6.54 Å². The van der Waals surface area contributed by atoms with Gasteiger partial charge in [0.05, 0.1) is 22.8 Å². The molecular formula is C19H21ClN4O3S. The second-order valence-corrected chi connectivity index (χ2v) is 6.68. The fraction of sp³-hybridized carbons (Fsp3) is 0.263. The van der Waals surface area contributed by atoms with E-state index in [1.807, 2.05) is 18.2 Å². The Bertz CT molecular complexity index is 844. The van der Waals surface area contributed by atoms with Gasteiger partial charge < -0.3 is 10.1 Å². The quantitative estimate of drug-likeness (QED) is 0.205. The average molecular weight is 421 g/mol. The first kappa shape index (κ1) is 21.6. The van der Waals surface area contributed by atoms with Crippen LogP contribution in [0, 0.1) is 10.1 Å². The zero-order chi connectivity index (χ0) is 20.4. The number of hydrogen-bond acceptors (Lipinski definition) is 5. The maximum Gasteiger partial charge on any atom is 0.269 e. The molecule has 148 valence electrons. The summed E-state index contributed by atoms with van der Waals surface area (Å²) in [6.07, 6.45) is 3.58. The third kappa shape index (κ3) is 7.13. The zero-order valence-electron chi connectivity index (χ0n) is 15.4. The number of unbranched alkanes of at least 4 members (excludes halogenated alkanes) is 1. The van der Waals surface area contributed by atoms with Crippen LogP contribution in [0.15, 0.2) is 47.6 Å². The number of hydrogen-bond donors (Lipinski definition) is 2. The number of nitro groups is 1. The van der Waals surface area contributed by atoms with Crippen molar-refractivity contribution in [1.82, 2.24) is 10.7 Å². The molecule has 0 radical (unpaired) electrons. The molecule has 0 fully saturated rings. The molecule has 2 N–H and O–H groups in total. The van der Waals surface area contributed by atoms with Crippen LogP contribution in [0.1, 0.15) is 30.9 Å². The number of nitro benzene ring substituents is 1. The fourth-order valence-corrected chi connectivity index (χ4v) is 2.55. The first-order chi connectivity index (χ1) is 13.5. The highest BCUT2D eigenvalue weighted by atomic mass is 35.5. The zero-order valence-corrected chi connectivity index (χ0v) is 16.9. The van der Waals surface area contributed by atoms with Crippen molar-refractivity contribution in [1.29, 1.82) is 0 Å². The summed E-state index contributed by atoms with van der Waals surface area (Å²) >= 11 is 11.4. The Hall–Kier alpha value is -2.71. The van der Waals surface area contributed by atoms with Crippen LogP contribution in [0.2, 0.25) is 5.02 Å². The molecule has 7 nitrogen and oxygen atoms in total. The van der Waals surface area contributed by atoms with Gasteiger partial charge in [0.25, 0.3) is 5.69 Å². The molecule has 0 amide bonds. The number of hydrazone groups is 1. The summed E-state index contributed by atoms with van der Waals surface area (Å²) in [5, 5.41) is 18.6. The lowest BCUT2D eigenvalue weighted by Crippen LogP contribution is -2.31. The Morgan fingerprint density at radius 3 is 2.71 bits per heavy atom.